The quantitative estimate of drug-likeness (QED) is 0.586. The number of ether oxygens (including phenoxy) is 2. The maximum absolute atomic E-state index is 5.69. The molecule has 0 saturated carbocycles. The molecule has 1 rings (SSSR count). The van der Waals surface area contributed by atoms with Gasteiger partial charge in [0.25, 0.3) is 0 Å². The Labute approximate surface area is 123 Å². The predicted octanol–water partition coefficient (Wildman–Crippen LogP) is 4.02. The topological polar surface area (TPSA) is 30.5 Å². The Morgan fingerprint density at radius 2 is 1.50 bits per heavy atom. The van der Waals surface area contributed by atoms with Gasteiger partial charge in [0.1, 0.15) is 11.5 Å². The lowest BCUT2D eigenvalue weighted by Crippen LogP contribution is -2.16. The van der Waals surface area contributed by atoms with Crippen LogP contribution in [0.5, 0.6) is 11.5 Å². The fourth-order valence-corrected chi connectivity index (χ4v) is 1.99. The van der Waals surface area contributed by atoms with Crippen LogP contribution in [0.1, 0.15) is 45.4 Å². The summed E-state index contributed by atoms with van der Waals surface area (Å²) >= 11 is 0. The molecule has 20 heavy (non-hydrogen) atoms. The number of hydrogen-bond donors (Lipinski definition) is 1. The van der Waals surface area contributed by atoms with Crippen molar-refractivity contribution in [3.05, 3.63) is 24.3 Å². The van der Waals surface area contributed by atoms with Gasteiger partial charge in [0, 0.05) is 0 Å². The van der Waals surface area contributed by atoms with Gasteiger partial charge < -0.3 is 14.8 Å². The van der Waals surface area contributed by atoms with Crippen molar-refractivity contribution in [1.29, 1.82) is 0 Å². The maximum Gasteiger partial charge on any atom is 0.119 e. The fraction of sp³-hybridized carbons (Fsp3) is 0.647. The Hall–Kier alpha value is -1.22. The molecule has 1 aromatic carbocycles. The van der Waals surface area contributed by atoms with Crippen molar-refractivity contribution in [2.75, 3.05) is 26.8 Å². The number of rotatable bonds is 12. The van der Waals surface area contributed by atoms with Gasteiger partial charge >= 0.3 is 0 Å². The highest BCUT2D eigenvalue weighted by atomic mass is 16.5. The third-order valence-corrected chi connectivity index (χ3v) is 3.28. The largest absolute Gasteiger partial charge is 0.497 e. The van der Waals surface area contributed by atoms with E-state index in [9.17, 15) is 0 Å². The Balaban J connectivity index is 1.91. The van der Waals surface area contributed by atoms with E-state index in [2.05, 4.69) is 12.2 Å². The molecule has 0 saturated heterocycles. The van der Waals surface area contributed by atoms with Crippen molar-refractivity contribution in [3.63, 3.8) is 0 Å². The van der Waals surface area contributed by atoms with E-state index in [-0.39, 0.29) is 0 Å². The average Bonchev–Trinajstić information content (AvgIpc) is 2.50. The van der Waals surface area contributed by atoms with E-state index >= 15 is 0 Å². The van der Waals surface area contributed by atoms with Crippen LogP contribution in [0.2, 0.25) is 0 Å². The van der Waals surface area contributed by atoms with Gasteiger partial charge in [0.15, 0.2) is 0 Å². The molecule has 0 aromatic heterocycles. The zero-order valence-electron chi connectivity index (χ0n) is 13.0. The van der Waals surface area contributed by atoms with Gasteiger partial charge in [-0.05, 0) is 56.6 Å². The molecule has 0 atom stereocenters. The van der Waals surface area contributed by atoms with Crippen LogP contribution in [0.15, 0.2) is 24.3 Å². The first-order valence-electron chi connectivity index (χ1n) is 7.84. The van der Waals surface area contributed by atoms with Crippen LogP contribution in [0.4, 0.5) is 0 Å². The zero-order chi connectivity index (χ0) is 14.5. The van der Waals surface area contributed by atoms with Gasteiger partial charge in [-0.3, -0.25) is 0 Å². The molecule has 0 aliphatic rings. The lowest BCUT2D eigenvalue weighted by molar-refractivity contribution is 0.304. The number of methoxy groups -OCH3 is 1. The van der Waals surface area contributed by atoms with Crippen LogP contribution in [0, 0.1) is 0 Å². The standard InChI is InChI=1S/C17H29NO2/c1-3-4-13-18-14-7-5-6-8-15-20-17-11-9-16(19-2)10-12-17/h9-12,18H,3-8,13-15H2,1-2H3. The Morgan fingerprint density at radius 3 is 2.20 bits per heavy atom. The second-order valence-electron chi connectivity index (χ2n) is 5.04. The van der Waals surface area contributed by atoms with Gasteiger partial charge in [0.05, 0.1) is 13.7 Å². The number of unbranched alkanes of at least 4 members (excludes halogenated alkanes) is 4. The van der Waals surface area contributed by atoms with E-state index < -0.39 is 0 Å². The van der Waals surface area contributed by atoms with E-state index in [4.69, 9.17) is 9.47 Å². The Morgan fingerprint density at radius 1 is 0.850 bits per heavy atom. The summed E-state index contributed by atoms with van der Waals surface area (Å²) in [6.45, 7) is 5.34. The predicted molar refractivity (Wildman–Crippen MR) is 84.7 cm³/mol. The Bertz CT molecular complexity index is 324. The molecule has 0 radical (unpaired) electrons. The van der Waals surface area contributed by atoms with Gasteiger partial charge in [-0.25, -0.2) is 0 Å². The van der Waals surface area contributed by atoms with Crippen molar-refractivity contribution in [2.45, 2.75) is 45.4 Å². The highest BCUT2D eigenvalue weighted by Gasteiger charge is 1.95. The Kier molecular flexibility index (Phi) is 9.76. The third-order valence-electron chi connectivity index (χ3n) is 3.28. The first-order chi connectivity index (χ1) is 9.86. The van der Waals surface area contributed by atoms with Crippen molar-refractivity contribution in [1.82, 2.24) is 5.32 Å². The normalized spacial score (nSPS) is 10.5. The summed E-state index contributed by atoms with van der Waals surface area (Å²) in [6, 6.07) is 7.77. The summed E-state index contributed by atoms with van der Waals surface area (Å²) in [4.78, 5) is 0. The van der Waals surface area contributed by atoms with Crippen molar-refractivity contribution in [3.8, 4) is 11.5 Å². The number of benzene rings is 1. The molecule has 0 spiro atoms. The minimum Gasteiger partial charge on any atom is -0.497 e. The van der Waals surface area contributed by atoms with Crippen molar-refractivity contribution < 1.29 is 9.47 Å². The third kappa shape index (κ3) is 8.05. The van der Waals surface area contributed by atoms with Crippen LogP contribution in [0.25, 0.3) is 0 Å². The van der Waals surface area contributed by atoms with E-state index in [0.29, 0.717) is 0 Å². The summed E-state index contributed by atoms with van der Waals surface area (Å²) in [5.74, 6) is 1.79. The van der Waals surface area contributed by atoms with Crippen LogP contribution in [-0.4, -0.2) is 26.8 Å². The SMILES string of the molecule is CCCCNCCCCCCOc1ccc(OC)cc1. The molecule has 0 heterocycles. The smallest absolute Gasteiger partial charge is 0.119 e. The lowest BCUT2D eigenvalue weighted by Gasteiger charge is -2.07. The van der Waals surface area contributed by atoms with Crippen molar-refractivity contribution in [2.24, 2.45) is 0 Å². The van der Waals surface area contributed by atoms with E-state index in [1.807, 2.05) is 24.3 Å². The monoisotopic (exact) mass is 279 g/mol. The molecular formula is C17H29NO2. The average molecular weight is 279 g/mol. The van der Waals surface area contributed by atoms with Gasteiger partial charge in [-0.2, -0.15) is 0 Å². The minimum absolute atomic E-state index is 0.801. The molecule has 0 aliphatic heterocycles. The van der Waals surface area contributed by atoms with E-state index in [1.165, 1.54) is 32.1 Å². The first-order valence-corrected chi connectivity index (χ1v) is 7.84. The molecule has 1 aromatic rings. The van der Waals surface area contributed by atoms with E-state index in [0.717, 1.165) is 37.6 Å². The van der Waals surface area contributed by atoms with Crippen molar-refractivity contribution >= 4 is 0 Å². The molecule has 0 bridgehead atoms. The van der Waals surface area contributed by atoms with Crippen LogP contribution >= 0.6 is 0 Å². The minimum atomic E-state index is 0.801. The lowest BCUT2D eigenvalue weighted by atomic mass is 10.2. The molecule has 1 N–H and O–H groups in total. The summed E-state index contributed by atoms with van der Waals surface area (Å²) in [5.41, 5.74) is 0. The zero-order valence-corrected chi connectivity index (χ0v) is 13.0. The summed E-state index contributed by atoms with van der Waals surface area (Å²) in [5, 5.41) is 3.47. The highest BCUT2D eigenvalue weighted by Crippen LogP contribution is 2.17. The van der Waals surface area contributed by atoms with Gasteiger partial charge in [-0.15, -0.1) is 0 Å². The first kappa shape index (κ1) is 16.8. The number of nitrogens with one attached hydrogen (secondary N) is 1. The summed E-state index contributed by atoms with van der Waals surface area (Å²) < 4.78 is 10.8. The molecule has 0 fully saturated rings. The second-order valence-corrected chi connectivity index (χ2v) is 5.04. The number of hydrogen-bond acceptors (Lipinski definition) is 3. The van der Waals surface area contributed by atoms with Gasteiger partial charge in [-0.1, -0.05) is 26.2 Å². The van der Waals surface area contributed by atoms with E-state index in [1.54, 1.807) is 7.11 Å². The molecule has 114 valence electrons. The van der Waals surface area contributed by atoms with Gasteiger partial charge in [0.2, 0.25) is 0 Å². The molecule has 3 nitrogen and oxygen atoms in total. The highest BCUT2D eigenvalue weighted by molar-refractivity contribution is 5.31. The maximum atomic E-state index is 5.69. The second kappa shape index (κ2) is 11.6. The summed E-state index contributed by atoms with van der Waals surface area (Å²) in [6.07, 6.45) is 7.48. The molecule has 0 unspecified atom stereocenters. The fourth-order valence-electron chi connectivity index (χ4n) is 1.99. The molecule has 3 heteroatoms. The van der Waals surface area contributed by atoms with Crippen LogP contribution in [-0.2, 0) is 0 Å². The molecule has 0 amide bonds. The van der Waals surface area contributed by atoms with Crippen LogP contribution in [0.3, 0.4) is 0 Å². The van der Waals surface area contributed by atoms with Crippen LogP contribution < -0.4 is 14.8 Å². The molecular weight excluding hydrogens is 250 g/mol. The summed E-state index contributed by atoms with van der Waals surface area (Å²) in [7, 11) is 1.67. The molecule has 0 aliphatic carbocycles.